The molecule has 3 aromatic rings. The predicted molar refractivity (Wildman–Crippen MR) is 107 cm³/mol. The molecule has 1 aromatic heterocycles. The van der Waals surface area contributed by atoms with Gasteiger partial charge in [0.15, 0.2) is 0 Å². The first-order valence-electron chi connectivity index (χ1n) is 8.93. The zero-order valence-corrected chi connectivity index (χ0v) is 15.5. The lowest BCUT2D eigenvalue weighted by atomic mass is 10.1. The molecular weight excluding hydrogens is 358 g/mol. The van der Waals surface area contributed by atoms with Gasteiger partial charge in [-0.05, 0) is 25.0 Å². The highest BCUT2D eigenvalue weighted by Crippen LogP contribution is 2.25. The molecule has 0 radical (unpaired) electrons. The maximum Gasteiger partial charge on any atom is 0.275 e. The number of thiazole rings is 1. The minimum atomic E-state index is -0.310. The molecule has 0 aliphatic carbocycles. The molecule has 0 atom stereocenters. The summed E-state index contributed by atoms with van der Waals surface area (Å²) < 4.78 is 0. The van der Waals surface area contributed by atoms with Gasteiger partial charge >= 0.3 is 0 Å². The lowest BCUT2D eigenvalue weighted by Crippen LogP contribution is -2.28. The van der Waals surface area contributed by atoms with Crippen LogP contribution in [-0.2, 0) is 0 Å². The Labute approximate surface area is 161 Å². The van der Waals surface area contributed by atoms with Crippen molar-refractivity contribution in [2.24, 2.45) is 0 Å². The molecule has 136 valence electrons. The average Bonchev–Trinajstić information content (AvgIpc) is 3.41. The summed E-state index contributed by atoms with van der Waals surface area (Å²) in [5.74, 6) is -0.346. The van der Waals surface area contributed by atoms with Gasteiger partial charge in [-0.25, -0.2) is 4.98 Å². The van der Waals surface area contributed by atoms with Gasteiger partial charge in [0.25, 0.3) is 11.8 Å². The Kier molecular flexibility index (Phi) is 4.98. The van der Waals surface area contributed by atoms with E-state index in [-0.39, 0.29) is 11.8 Å². The fraction of sp³-hybridized carbons (Fsp3) is 0.190. The van der Waals surface area contributed by atoms with E-state index in [2.05, 4.69) is 10.3 Å². The molecule has 1 aliphatic heterocycles. The van der Waals surface area contributed by atoms with Crippen molar-refractivity contribution >= 4 is 28.8 Å². The van der Waals surface area contributed by atoms with Gasteiger partial charge in [-0.3, -0.25) is 9.59 Å². The molecule has 1 N–H and O–H groups in total. The number of anilines is 1. The predicted octanol–water partition coefficient (Wildman–Crippen LogP) is 4.30. The van der Waals surface area contributed by atoms with Gasteiger partial charge in [0.05, 0.1) is 11.3 Å². The van der Waals surface area contributed by atoms with Crippen molar-refractivity contribution < 1.29 is 9.59 Å². The number of rotatable bonds is 4. The smallest absolute Gasteiger partial charge is 0.275 e. The maximum absolute atomic E-state index is 12.7. The number of benzene rings is 2. The van der Waals surface area contributed by atoms with E-state index in [0.717, 1.165) is 36.5 Å². The Balaban J connectivity index is 1.54. The topological polar surface area (TPSA) is 62.3 Å². The molecule has 2 aromatic carbocycles. The molecule has 4 rings (SSSR count). The molecule has 2 heterocycles. The van der Waals surface area contributed by atoms with Crippen LogP contribution in [0.4, 0.5) is 5.69 Å². The first-order chi connectivity index (χ1) is 13.2. The van der Waals surface area contributed by atoms with E-state index in [9.17, 15) is 9.59 Å². The molecule has 0 bridgehead atoms. The zero-order chi connectivity index (χ0) is 18.6. The van der Waals surface area contributed by atoms with Crippen molar-refractivity contribution in [3.63, 3.8) is 0 Å². The summed E-state index contributed by atoms with van der Waals surface area (Å²) in [6, 6.07) is 16.9. The first-order valence-corrected chi connectivity index (χ1v) is 9.81. The third kappa shape index (κ3) is 3.75. The van der Waals surface area contributed by atoms with Crippen LogP contribution < -0.4 is 5.32 Å². The van der Waals surface area contributed by atoms with Gasteiger partial charge < -0.3 is 10.2 Å². The van der Waals surface area contributed by atoms with Gasteiger partial charge in [0.2, 0.25) is 0 Å². The first kappa shape index (κ1) is 17.4. The van der Waals surface area contributed by atoms with Crippen LogP contribution in [0.2, 0.25) is 0 Å². The monoisotopic (exact) mass is 377 g/mol. The summed E-state index contributed by atoms with van der Waals surface area (Å²) in [6.45, 7) is 1.54. The lowest BCUT2D eigenvalue weighted by Gasteiger charge is -2.17. The molecule has 1 aliphatic rings. The molecular formula is C21H19N3O2S. The van der Waals surface area contributed by atoms with Gasteiger partial charge in [-0.15, -0.1) is 11.3 Å². The molecule has 2 amide bonds. The fourth-order valence-electron chi connectivity index (χ4n) is 3.15. The zero-order valence-electron chi connectivity index (χ0n) is 14.7. The van der Waals surface area contributed by atoms with Crippen LogP contribution >= 0.6 is 11.3 Å². The van der Waals surface area contributed by atoms with Crippen LogP contribution in [0.25, 0.3) is 10.6 Å². The Morgan fingerprint density at radius 2 is 1.67 bits per heavy atom. The van der Waals surface area contributed by atoms with Gasteiger partial charge in [-0.2, -0.15) is 0 Å². The second-order valence-corrected chi connectivity index (χ2v) is 7.26. The van der Waals surface area contributed by atoms with E-state index in [1.165, 1.54) is 11.3 Å². The van der Waals surface area contributed by atoms with Crippen molar-refractivity contribution in [1.82, 2.24) is 9.88 Å². The number of hydrogen-bond acceptors (Lipinski definition) is 4. The minimum Gasteiger partial charge on any atom is -0.339 e. The molecule has 27 heavy (non-hydrogen) atoms. The number of amides is 2. The fourth-order valence-corrected chi connectivity index (χ4v) is 3.95. The van der Waals surface area contributed by atoms with Gasteiger partial charge in [0, 0.05) is 24.0 Å². The number of aromatic nitrogens is 1. The Hall–Kier alpha value is -2.99. The van der Waals surface area contributed by atoms with Crippen molar-refractivity contribution in [2.45, 2.75) is 12.8 Å². The molecule has 6 heteroatoms. The highest BCUT2D eigenvalue weighted by Gasteiger charge is 2.22. The second-order valence-electron chi connectivity index (χ2n) is 6.40. The van der Waals surface area contributed by atoms with E-state index in [0.29, 0.717) is 16.9 Å². The molecule has 0 spiro atoms. The molecule has 1 fully saturated rings. The van der Waals surface area contributed by atoms with Crippen molar-refractivity contribution in [3.8, 4) is 10.6 Å². The largest absolute Gasteiger partial charge is 0.339 e. The van der Waals surface area contributed by atoms with E-state index in [4.69, 9.17) is 0 Å². The highest BCUT2D eigenvalue weighted by molar-refractivity contribution is 7.13. The number of likely N-dealkylation sites (tertiary alicyclic amines) is 1. The number of carbonyl (C=O) groups excluding carboxylic acids is 2. The summed E-state index contributed by atoms with van der Waals surface area (Å²) in [5.41, 5.74) is 2.37. The van der Waals surface area contributed by atoms with E-state index >= 15 is 0 Å². The van der Waals surface area contributed by atoms with Crippen molar-refractivity contribution in [1.29, 1.82) is 0 Å². The molecule has 0 saturated carbocycles. The van der Waals surface area contributed by atoms with Crippen LogP contribution in [0.3, 0.4) is 0 Å². The second kappa shape index (κ2) is 7.72. The third-order valence-corrected chi connectivity index (χ3v) is 5.45. The summed E-state index contributed by atoms with van der Waals surface area (Å²) in [5, 5.41) is 5.39. The Bertz CT molecular complexity index is 962. The number of hydrogen-bond donors (Lipinski definition) is 1. The lowest BCUT2D eigenvalue weighted by molar-refractivity contribution is 0.0794. The van der Waals surface area contributed by atoms with E-state index < -0.39 is 0 Å². The third-order valence-electron chi connectivity index (χ3n) is 4.56. The SMILES string of the molecule is O=C(Nc1ccccc1C(=O)N1CCCC1)c1csc(-c2ccccc2)n1. The summed E-state index contributed by atoms with van der Waals surface area (Å²) in [6.07, 6.45) is 2.06. The van der Waals surface area contributed by atoms with Crippen molar-refractivity contribution in [3.05, 3.63) is 71.2 Å². The number of carbonyl (C=O) groups is 2. The standard InChI is InChI=1S/C21H19N3O2S/c25-19(18-14-27-20(23-18)15-8-2-1-3-9-15)22-17-11-5-4-10-16(17)21(26)24-12-6-7-13-24/h1-5,8-11,14H,6-7,12-13H2,(H,22,25). The van der Waals surface area contributed by atoms with Gasteiger partial charge in [-0.1, -0.05) is 42.5 Å². The number of nitrogens with one attached hydrogen (secondary N) is 1. The number of nitrogens with zero attached hydrogens (tertiary/aromatic N) is 2. The van der Waals surface area contributed by atoms with Crippen LogP contribution in [0, 0.1) is 0 Å². The van der Waals surface area contributed by atoms with Crippen molar-refractivity contribution in [2.75, 3.05) is 18.4 Å². The minimum absolute atomic E-state index is 0.0355. The van der Waals surface area contributed by atoms with E-state index in [1.54, 1.807) is 17.5 Å². The van der Waals surface area contributed by atoms with Crippen LogP contribution in [0.1, 0.15) is 33.7 Å². The van der Waals surface area contributed by atoms with E-state index in [1.807, 2.05) is 47.4 Å². The summed E-state index contributed by atoms with van der Waals surface area (Å²) >= 11 is 1.43. The average molecular weight is 377 g/mol. The number of para-hydroxylation sites is 1. The van der Waals surface area contributed by atoms with Crippen LogP contribution in [0.5, 0.6) is 0 Å². The van der Waals surface area contributed by atoms with Crippen LogP contribution in [-0.4, -0.2) is 34.8 Å². The Morgan fingerprint density at radius 1 is 0.963 bits per heavy atom. The normalized spacial score (nSPS) is 13.6. The molecule has 0 unspecified atom stereocenters. The summed E-state index contributed by atoms with van der Waals surface area (Å²) in [7, 11) is 0. The maximum atomic E-state index is 12.7. The quantitative estimate of drug-likeness (QED) is 0.737. The Morgan fingerprint density at radius 3 is 2.44 bits per heavy atom. The van der Waals surface area contributed by atoms with Crippen LogP contribution in [0.15, 0.2) is 60.0 Å². The van der Waals surface area contributed by atoms with Gasteiger partial charge in [0.1, 0.15) is 10.7 Å². The summed E-state index contributed by atoms with van der Waals surface area (Å²) in [4.78, 5) is 31.7. The molecule has 5 nitrogen and oxygen atoms in total. The molecule has 1 saturated heterocycles. The highest BCUT2D eigenvalue weighted by atomic mass is 32.1.